The number of carbonyl (C=O) groups excluding carboxylic acids is 1. The summed E-state index contributed by atoms with van der Waals surface area (Å²) in [5.41, 5.74) is 0.552. The van der Waals surface area contributed by atoms with Crippen LogP contribution in [0.3, 0.4) is 0 Å². The molecule has 0 aliphatic rings. The maximum Gasteiger partial charge on any atom is 0.153 e. The Kier molecular flexibility index (Phi) is 1.43. The van der Waals surface area contributed by atoms with Crippen molar-refractivity contribution in [2.75, 3.05) is 0 Å². The minimum Gasteiger partial charge on any atom is -0.464 e. The van der Waals surface area contributed by atoms with Crippen LogP contribution < -0.4 is 0 Å². The first kappa shape index (κ1) is 7.03. The molecule has 0 unspecified atom stereocenters. The van der Waals surface area contributed by atoms with Crippen molar-refractivity contribution in [2.45, 2.75) is 0 Å². The molecule has 0 bridgehead atoms. The van der Waals surface area contributed by atoms with Gasteiger partial charge in [-0.05, 0) is 18.2 Å². The topological polar surface area (TPSA) is 30.2 Å². The van der Waals surface area contributed by atoms with E-state index in [1.807, 2.05) is 0 Å². The van der Waals surface area contributed by atoms with Gasteiger partial charge >= 0.3 is 0 Å². The lowest BCUT2D eigenvalue weighted by atomic mass is 10.2. The predicted octanol–water partition coefficient (Wildman–Crippen LogP) is 2.38. The molecular weight excluding hydrogens is 159 g/mol. The summed E-state index contributed by atoms with van der Waals surface area (Å²) in [7, 11) is 0. The van der Waals surface area contributed by atoms with Crippen molar-refractivity contribution in [2.24, 2.45) is 0 Å². The molecule has 1 aromatic carbocycles. The van der Waals surface area contributed by atoms with Crippen LogP contribution in [-0.4, -0.2) is 6.29 Å². The Hall–Kier alpha value is -1.64. The van der Waals surface area contributed by atoms with Gasteiger partial charge in [-0.1, -0.05) is 0 Å². The Balaban J connectivity index is 2.81. The smallest absolute Gasteiger partial charge is 0.153 e. The molecule has 1 aromatic heterocycles. The molecule has 1 heterocycles. The lowest BCUT2D eigenvalue weighted by molar-refractivity contribution is 0.112. The molecule has 3 heteroatoms. The first-order valence-electron chi connectivity index (χ1n) is 3.43. The average Bonchev–Trinajstić information content (AvgIpc) is 2.49. The van der Waals surface area contributed by atoms with Crippen molar-refractivity contribution in [3.05, 3.63) is 35.8 Å². The molecular formula is C9H5FO2. The van der Waals surface area contributed by atoms with Gasteiger partial charge in [0.05, 0.1) is 11.8 Å². The summed E-state index contributed by atoms with van der Waals surface area (Å²) in [4.78, 5) is 10.3. The zero-order chi connectivity index (χ0) is 8.55. The van der Waals surface area contributed by atoms with Gasteiger partial charge < -0.3 is 4.42 Å². The van der Waals surface area contributed by atoms with Gasteiger partial charge in [0.15, 0.2) is 6.29 Å². The number of benzene rings is 1. The molecule has 60 valence electrons. The van der Waals surface area contributed by atoms with Crippen LogP contribution in [0.25, 0.3) is 11.0 Å². The van der Waals surface area contributed by atoms with E-state index in [9.17, 15) is 9.18 Å². The van der Waals surface area contributed by atoms with E-state index >= 15 is 0 Å². The molecule has 0 spiro atoms. The van der Waals surface area contributed by atoms with Crippen LogP contribution in [0.15, 0.2) is 28.9 Å². The lowest BCUT2D eigenvalue weighted by Gasteiger charge is -1.92. The fourth-order valence-electron chi connectivity index (χ4n) is 1.09. The minimum absolute atomic E-state index is 0.0254. The van der Waals surface area contributed by atoms with Crippen LogP contribution in [0.1, 0.15) is 10.4 Å². The normalized spacial score (nSPS) is 10.4. The van der Waals surface area contributed by atoms with Crippen molar-refractivity contribution in [1.82, 2.24) is 0 Å². The van der Waals surface area contributed by atoms with Crippen LogP contribution in [0.5, 0.6) is 0 Å². The van der Waals surface area contributed by atoms with Gasteiger partial charge in [0, 0.05) is 5.39 Å². The maximum absolute atomic E-state index is 12.9. The van der Waals surface area contributed by atoms with E-state index in [1.54, 1.807) is 6.07 Å². The molecule has 0 atom stereocenters. The molecule has 0 aliphatic carbocycles. The fraction of sp³-hybridized carbons (Fsp3) is 0. The maximum atomic E-state index is 12.9. The molecule has 0 radical (unpaired) electrons. The Morgan fingerprint density at radius 2 is 2.25 bits per heavy atom. The van der Waals surface area contributed by atoms with Gasteiger partial charge in [-0.3, -0.25) is 4.79 Å². The summed E-state index contributed by atoms with van der Waals surface area (Å²) < 4.78 is 17.9. The molecule has 0 saturated heterocycles. The van der Waals surface area contributed by atoms with Crippen LogP contribution in [0.2, 0.25) is 0 Å². The molecule has 2 rings (SSSR count). The number of hydrogen-bond acceptors (Lipinski definition) is 2. The van der Waals surface area contributed by atoms with Gasteiger partial charge in [0.1, 0.15) is 11.4 Å². The molecule has 0 aliphatic heterocycles. The second kappa shape index (κ2) is 2.44. The number of fused-ring (bicyclic) bond motifs is 1. The summed E-state index contributed by atoms with van der Waals surface area (Å²) in [5.74, 6) is -0.515. The summed E-state index contributed by atoms with van der Waals surface area (Å²) in [5, 5.41) is 0.665. The SMILES string of the molecule is O=Cc1cc2occc2cc1F. The van der Waals surface area contributed by atoms with Gasteiger partial charge in [0.25, 0.3) is 0 Å². The molecule has 2 nitrogen and oxygen atoms in total. The number of rotatable bonds is 1. The van der Waals surface area contributed by atoms with Gasteiger partial charge in [0.2, 0.25) is 0 Å². The zero-order valence-electron chi connectivity index (χ0n) is 6.08. The number of hydrogen-bond donors (Lipinski definition) is 0. The van der Waals surface area contributed by atoms with Gasteiger partial charge in [-0.2, -0.15) is 0 Å². The Morgan fingerprint density at radius 3 is 3.00 bits per heavy atom. The molecule has 12 heavy (non-hydrogen) atoms. The van der Waals surface area contributed by atoms with Crippen LogP contribution in [0.4, 0.5) is 4.39 Å². The van der Waals surface area contributed by atoms with Crippen molar-refractivity contribution in [1.29, 1.82) is 0 Å². The highest BCUT2D eigenvalue weighted by atomic mass is 19.1. The highest BCUT2D eigenvalue weighted by Crippen LogP contribution is 2.18. The largest absolute Gasteiger partial charge is 0.464 e. The number of aldehydes is 1. The molecule has 0 saturated carbocycles. The van der Waals surface area contributed by atoms with E-state index < -0.39 is 5.82 Å². The predicted molar refractivity (Wildman–Crippen MR) is 41.6 cm³/mol. The van der Waals surface area contributed by atoms with Crippen LogP contribution >= 0.6 is 0 Å². The van der Waals surface area contributed by atoms with Gasteiger partial charge in [-0.15, -0.1) is 0 Å². The van der Waals surface area contributed by atoms with E-state index in [4.69, 9.17) is 4.42 Å². The number of carbonyl (C=O) groups is 1. The quantitative estimate of drug-likeness (QED) is 0.605. The Labute approximate surface area is 67.6 Å². The van der Waals surface area contributed by atoms with E-state index in [0.717, 1.165) is 0 Å². The summed E-state index contributed by atoms with van der Waals surface area (Å²) in [6.07, 6.45) is 1.93. The summed E-state index contributed by atoms with van der Waals surface area (Å²) in [6.45, 7) is 0. The van der Waals surface area contributed by atoms with E-state index in [1.165, 1.54) is 18.4 Å². The van der Waals surface area contributed by atoms with Crippen molar-refractivity contribution < 1.29 is 13.6 Å². The molecule has 0 N–H and O–H groups in total. The average molecular weight is 164 g/mol. The Morgan fingerprint density at radius 1 is 1.42 bits per heavy atom. The van der Waals surface area contributed by atoms with E-state index in [-0.39, 0.29) is 5.56 Å². The molecule has 2 aromatic rings. The summed E-state index contributed by atoms with van der Waals surface area (Å²) >= 11 is 0. The molecule has 0 fully saturated rings. The van der Waals surface area contributed by atoms with Crippen molar-refractivity contribution >= 4 is 17.3 Å². The highest BCUT2D eigenvalue weighted by Gasteiger charge is 2.04. The third-order valence-corrected chi connectivity index (χ3v) is 1.70. The lowest BCUT2D eigenvalue weighted by Crippen LogP contribution is -1.85. The summed E-state index contributed by atoms with van der Waals surface area (Å²) in [6, 6.07) is 4.31. The Bertz CT molecular complexity index is 431. The second-order valence-corrected chi connectivity index (χ2v) is 2.45. The van der Waals surface area contributed by atoms with Crippen molar-refractivity contribution in [3.8, 4) is 0 Å². The number of halogens is 1. The zero-order valence-corrected chi connectivity index (χ0v) is 6.08. The first-order valence-corrected chi connectivity index (χ1v) is 3.43. The van der Waals surface area contributed by atoms with Crippen LogP contribution in [-0.2, 0) is 0 Å². The third-order valence-electron chi connectivity index (χ3n) is 1.70. The first-order chi connectivity index (χ1) is 5.81. The molecule has 0 amide bonds. The standard InChI is InChI=1S/C9H5FO2/c10-8-3-6-1-2-12-9(6)4-7(8)5-11/h1-5H. The van der Waals surface area contributed by atoms with Crippen LogP contribution in [0, 0.1) is 5.82 Å². The highest BCUT2D eigenvalue weighted by molar-refractivity contribution is 5.85. The van der Waals surface area contributed by atoms with Gasteiger partial charge in [-0.25, -0.2) is 4.39 Å². The van der Waals surface area contributed by atoms with E-state index in [0.29, 0.717) is 17.3 Å². The van der Waals surface area contributed by atoms with E-state index in [2.05, 4.69) is 0 Å². The number of furan rings is 1. The second-order valence-electron chi connectivity index (χ2n) is 2.45. The minimum atomic E-state index is -0.515. The van der Waals surface area contributed by atoms with Crippen molar-refractivity contribution in [3.63, 3.8) is 0 Å². The third kappa shape index (κ3) is 0.906. The fourth-order valence-corrected chi connectivity index (χ4v) is 1.09. The monoisotopic (exact) mass is 164 g/mol.